The fraction of sp³-hybridized carbons (Fsp3) is 0.500. The zero-order valence-corrected chi connectivity index (χ0v) is 11.3. The summed E-state index contributed by atoms with van der Waals surface area (Å²) in [6.07, 6.45) is 6.56. The Morgan fingerprint density at radius 1 is 1.47 bits per heavy atom. The minimum atomic E-state index is -0.775. The number of thioether (sulfide) groups is 2. The van der Waals surface area contributed by atoms with Crippen LogP contribution in [0.25, 0.3) is 0 Å². The molecule has 3 nitrogen and oxygen atoms in total. The van der Waals surface area contributed by atoms with Crippen LogP contribution in [-0.4, -0.2) is 33.0 Å². The number of allylic oxidation sites excluding steroid dienone is 3. The molecule has 0 amide bonds. The van der Waals surface area contributed by atoms with Crippen molar-refractivity contribution in [2.45, 2.75) is 18.1 Å². The molecule has 1 unspecified atom stereocenters. The molecule has 1 N–H and O–H groups in total. The first kappa shape index (κ1) is 12.8. The Balaban J connectivity index is 1.97. The molecular weight excluding hydrogens is 254 g/mol. The molecule has 1 aliphatic heterocycles. The molecule has 1 fully saturated rings. The van der Waals surface area contributed by atoms with E-state index in [9.17, 15) is 4.79 Å². The highest BCUT2D eigenvalue weighted by Crippen LogP contribution is 2.33. The van der Waals surface area contributed by atoms with Crippen molar-refractivity contribution in [3.63, 3.8) is 0 Å². The lowest BCUT2D eigenvalue weighted by atomic mass is 9.95. The minimum Gasteiger partial charge on any atom is -0.481 e. The molecule has 0 saturated carbocycles. The van der Waals surface area contributed by atoms with E-state index in [0.29, 0.717) is 4.71 Å². The van der Waals surface area contributed by atoms with Gasteiger partial charge in [0.25, 0.3) is 0 Å². The highest BCUT2D eigenvalue weighted by molar-refractivity contribution is 8.20. The number of aliphatic carboxylic acids is 1. The van der Waals surface area contributed by atoms with Crippen molar-refractivity contribution < 1.29 is 9.90 Å². The van der Waals surface area contributed by atoms with Crippen LogP contribution in [0.1, 0.15) is 13.3 Å². The smallest absolute Gasteiger partial charge is 0.310 e. The molecule has 1 heterocycles. The van der Waals surface area contributed by atoms with E-state index >= 15 is 0 Å². The van der Waals surface area contributed by atoms with E-state index in [4.69, 9.17) is 5.11 Å². The molecule has 0 aromatic heterocycles. The Kier molecular flexibility index (Phi) is 4.34. The molecular formula is C12H15NO2S2. The van der Waals surface area contributed by atoms with Crippen LogP contribution in [0.3, 0.4) is 0 Å². The van der Waals surface area contributed by atoms with Crippen molar-refractivity contribution in [1.29, 1.82) is 0 Å². The van der Waals surface area contributed by atoms with E-state index in [-0.39, 0.29) is 0 Å². The van der Waals surface area contributed by atoms with Crippen LogP contribution in [0, 0.1) is 5.92 Å². The van der Waals surface area contributed by atoms with Crippen LogP contribution >= 0.6 is 23.5 Å². The van der Waals surface area contributed by atoms with Gasteiger partial charge in [0.1, 0.15) is 4.71 Å². The highest BCUT2D eigenvalue weighted by Gasteiger charge is 2.18. The quantitative estimate of drug-likeness (QED) is 0.856. The van der Waals surface area contributed by atoms with Gasteiger partial charge in [-0.15, -0.1) is 23.5 Å². The summed E-state index contributed by atoms with van der Waals surface area (Å²) in [5.41, 5.74) is 1.93. The maximum absolute atomic E-state index is 10.8. The van der Waals surface area contributed by atoms with Crippen molar-refractivity contribution in [1.82, 2.24) is 0 Å². The molecule has 5 heteroatoms. The topological polar surface area (TPSA) is 49.7 Å². The largest absolute Gasteiger partial charge is 0.481 e. The standard InChI is InChI=1S/C12H15NO2S2/c1-8(11(14)15)9-2-4-10(5-3-9)13-12-16-6-7-17-12/h2-4,8,12H,5-7H2,1H3,(H,14,15). The van der Waals surface area contributed by atoms with Gasteiger partial charge in [0.2, 0.25) is 0 Å². The molecule has 0 spiro atoms. The van der Waals surface area contributed by atoms with Gasteiger partial charge in [-0.05, 0) is 18.6 Å². The molecule has 1 atom stereocenters. The lowest BCUT2D eigenvalue weighted by Crippen LogP contribution is -2.13. The maximum atomic E-state index is 10.8. The zero-order chi connectivity index (χ0) is 12.3. The van der Waals surface area contributed by atoms with Gasteiger partial charge < -0.3 is 5.11 Å². The molecule has 17 heavy (non-hydrogen) atoms. The van der Waals surface area contributed by atoms with Gasteiger partial charge >= 0.3 is 5.97 Å². The Morgan fingerprint density at radius 2 is 2.18 bits per heavy atom. The molecule has 92 valence electrons. The van der Waals surface area contributed by atoms with Crippen molar-refractivity contribution in [3.05, 3.63) is 23.8 Å². The molecule has 1 saturated heterocycles. The molecule has 0 aromatic carbocycles. The van der Waals surface area contributed by atoms with E-state index in [2.05, 4.69) is 4.99 Å². The molecule has 2 rings (SSSR count). The monoisotopic (exact) mass is 269 g/mol. The average Bonchev–Trinajstić information content (AvgIpc) is 2.82. The van der Waals surface area contributed by atoms with Crippen LogP contribution in [0.2, 0.25) is 0 Å². The number of nitrogens with zero attached hydrogens (tertiary/aromatic N) is 1. The van der Waals surface area contributed by atoms with Crippen LogP contribution < -0.4 is 0 Å². The first-order valence-corrected chi connectivity index (χ1v) is 7.67. The predicted octanol–water partition coefficient (Wildman–Crippen LogP) is 2.80. The van der Waals surface area contributed by atoms with Crippen LogP contribution in [-0.2, 0) is 4.79 Å². The Labute approximate surface area is 109 Å². The zero-order valence-electron chi connectivity index (χ0n) is 9.63. The van der Waals surface area contributed by atoms with Gasteiger partial charge in [-0.2, -0.15) is 0 Å². The van der Waals surface area contributed by atoms with Gasteiger partial charge in [-0.1, -0.05) is 12.2 Å². The van der Waals surface area contributed by atoms with Crippen molar-refractivity contribution in [3.8, 4) is 0 Å². The second kappa shape index (κ2) is 5.78. The van der Waals surface area contributed by atoms with Crippen LogP contribution in [0.15, 0.2) is 28.8 Å². The van der Waals surface area contributed by atoms with Crippen LogP contribution in [0.4, 0.5) is 0 Å². The van der Waals surface area contributed by atoms with Crippen LogP contribution in [0.5, 0.6) is 0 Å². The van der Waals surface area contributed by atoms with Gasteiger partial charge in [-0.25, -0.2) is 0 Å². The van der Waals surface area contributed by atoms with E-state index in [0.717, 1.165) is 17.7 Å². The molecule has 0 radical (unpaired) electrons. The number of carboxylic acid groups (broad SMARTS) is 1. The third-order valence-corrected chi connectivity index (χ3v) is 5.50. The lowest BCUT2D eigenvalue weighted by molar-refractivity contribution is -0.139. The minimum absolute atomic E-state index is 0.335. The average molecular weight is 269 g/mol. The Hall–Kier alpha value is -0.680. The number of carbonyl (C=O) groups is 1. The predicted molar refractivity (Wildman–Crippen MR) is 74.8 cm³/mol. The third kappa shape index (κ3) is 3.39. The first-order chi connectivity index (χ1) is 8.16. The van der Waals surface area contributed by atoms with E-state index in [1.807, 2.05) is 41.8 Å². The van der Waals surface area contributed by atoms with Gasteiger partial charge in [0.15, 0.2) is 0 Å². The van der Waals surface area contributed by atoms with Crippen molar-refractivity contribution in [2.24, 2.45) is 10.9 Å². The van der Waals surface area contributed by atoms with Crippen molar-refractivity contribution in [2.75, 3.05) is 11.5 Å². The maximum Gasteiger partial charge on any atom is 0.310 e. The van der Waals surface area contributed by atoms with Crippen molar-refractivity contribution >= 4 is 35.2 Å². The number of aliphatic imine (C=N–C) groups is 1. The normalized spacial score (nSPS) is 25.0. The Bertz CT molecular complexity index is 395. The number of hydrogen-bond acceptors (Lipinski definition) is 4. The number of rotatable bonds is 3. The number of hydrogen-bond donors (Lipinski definition) is 1. The first-order valence-electron chi connectivity index (χ1n) is 5.57. The fourth-order valence-corrected chi connectivity index (χ4v) is 4.22. The van der Waals surface area contributed by atoms with E-state index in [1.165, 1.54) is 11.5 Å². The third-order valence-electron chi connectivity index (χ3n) is 2.76. The highest BCUT2D eigenvalue weighted by atomic mass is 32.2. The second-order valence-corrected chi connectivity index (χ2v) is 6.65. The molecule has 1 aliphatic carbocycles. The summed E-state index contributed by atoms with van der Waals surface area (Å²) in [6.45, 7) is 1.71. The summed E-state index contributed by atoms with van der Waals surface area (Å²) in [5.74, 6) is 1.14. The fourth-order valence-electron chi connectivity index (χ4n) is 1.67. The summed E-state index contributed by atoms with van der Waals surface area (Å²) >= 11 is 3.75. The second-order valence-electron chi connectivity index (χ2n) is 3.97. The summed E-state index contributed by atoms with van der Waals surface area (Å²) in [7, 11) is 0. The molecule has 0 aromatic rings. The SMILES string of the molecule is CC(C(=O)O)C1=CCC(=NC2SCCS2)C=C1. The van der Waals surface area contributed by atoms with Gasteiger partial charge in [-0.3, -0.25) is 9.79 Å². The molecule has 0 bridgehead atoms. The summed E-state index contributed by atoms with van der Waals surface area (Å²) < 4.78 is 0.335. The Morgan fingerprint density at radius 3 is 2.71 bits per heavy atom. The summed E-state index contributed by atoms with van der Waals surface area (Å²) in [4.78, 5) is 15.5. The number of carboxylic acids is 1. The summed E-state index contributed by atoms with van der Waals surface area (Å²) in [5, 5.41) is 8.92. The van der Waals surface area contributed by atoms with Gasteiger partial charge in [0, 0.05) is 23.6 Å². The van der Waals surface area contributed by atoms with Gasteiger partial charge in [0.05, 0.1) is 5.92 Å². The van der Waals surface area contributed by atoms with E-state index in [1.54, 1.807) is 6.92 Å². The van der Waals surface area contributed by atoms with E-state index < -0.39 is 11.9 Å². The summed E-state index contributed by atoms with van der Waals surface area (Å²) in [6, 6.07) is 0. The lowest BCUT2D eigenvalue weighted by Gasteiger charge is -2.13. The molecule has 2 aliphatic rings.